The molecule has 0 amide bonds. The summed E-state index contributed by atoms with van der Waals surface area (Å²) in [7, 11) is 0. The Morgan fingerprint density at radius 2 is 1.20 bits per heavy atom. The van der Waals surface area contributed by atoms with Gasteiger partial charge in [-0.05, 0) is 0 Å². The third-order valence-electron chi connectivity index (χ3n) is 7.13. The molecule has 0 heterocycles. The summed E-state index contributed by atoms with van der Waals surface area (Å²) in [6.45, 7) is 8.43. The summed E-state index contributed by atoms with van der Waals surface area (Å²) in [6, 6.07) is 0. The van der Waals surface area contributed by atoms with E-state index < -0.39 is 20.3 Å². The van der Waals surface area contributed by atoms with Crippen molar-refractivity contribution in [1.82, 2.24) is 0 Å². The second-order valence-corrected chi connectivity index (χ2v) is 19.5. The molecule has 0 aromatic carbocycles. The first-order chi connectivity index (χ1) is 12.3. The molecule has 0 spiro atoms. The monoisotopic (exact) mass is 410 g/mol. The first-order valence-corrected chi connectivity index (χ1v) is 16.6. The van der Waals surface area contributed by atoms with Crippen molar-refractivity contribution in [1.29, 1.82) is 0 Å². The first kappa shape index (κ1) is 17.7. The van der Waals surface area contributed by atoms with Gasteiger partial charge < -0.3 is 0 Å². The van der Waals surface area contributed by atoms with E-state index in [1.54, 1.807) is 11.1 Å². The van der Waals surface area contributed by atoms with Crippen LogP contribution < -0.4 is 0 Å². The average molecular weight is 412 g/mol. The van der Waals surface area contributed by atoms with Crippen LogP contribution in [0.25, 0.3) is 0 Å². The van der Waals surface area contributed by atoms with Crippen molar-refractivity contribution < 1.29 is 20.3 Å². The fraction of sp³-hybridized carbons (Fsp3) is 0.500. The van der Waals surface area contributed by atoms with Crippen LogP contribution in [0.2, 0.25) is 15.5 Å². The molecule has 0 saturated carbocycles. The van der Waals surface area contributed by atoms with Gasteiger partial charge in [0, 0.05) is 0 Å². The molecule has 0 N–H and O–H groups in total. The molecular formula is C24H32Zr. The molecule has 0 aromatic heterocycles. The van der Waals surface area contributed by atoms with Crippen LogP contribution in [-0.2, 0) is 20.3 Å². The van der Waals surface area contributed by atoms with Crippen LogP contribution in [0.15, 0.2) is 71.9 Å². The standard InChI is InChI=1S/2C9H11.2C3H5.Zr/c2*1-2-5-9-7-3-6-8(9)4-1;2*1-3-2;/h2*3,6-7H,1-2,4-5H2;2*3H,1-2H2;. The molecule has 0 aromatic rings. The summed E-state index contributed by atoms with van der Waals surface area (Å²) in [5.41, 5.74) is 7.07. The Morgan fingerprint density at radius 3 is 1.64 bits per heavy atom. The zero-order valence-electron chi connectivity index (χ0n) is 15.6. The Kier molecular flexibility index (Phi) is 5.33. The van der Waals surface area contributed by atoms with E-state index in [4.69, 9.17) is 0 Å². The molecule has 0 radical (unpaired) electrons. The van der Waals surface area contributed by atoms with E-state index in [9.17, 15) is 0 Å². The van der Waals surface area contributed by atoms with E-state index in [-0.39, 0.29) is 0 Å². The van der Waals surface area contributed by atoms with E-state index in [0.717, 1.165) is 7.25 Å². The predicted molar refractivity (Wildman–Crippen MR) is 107 cm³/mol. The first-order valence-electron chi connectivity index (χ1n) is 10.3. The minimum atomic E-state index is -2.63. The minimum absolute atomic E-state index is 0.782. The molecule has 2 atom stereocenters. The zero-order valence-corrected chi connectivity index (χ0v) is 18.1. The van der Waals surface area contributed by atoms with Gasteiger partial charge in [-0.1, -0.05) is 0 Å². The second-order valence-electron chi connectivity index (χ2n) is 8.41. The molecule has 0 fully saturated rings. The maximum absolute atomic E-state index is 4.22. The van der Waals surface area contributed by atoms with Crippen LogP contribution in [0.4, 0.5) is 0 Å². The topological polar surface area (TPSA) is 0 Å². The van der Waals surface area contributed by atoms with Crippen molar-refractivity contribution >= 4 is 0 Å². The van der Waals surface area contributed by atoms with Crippen LogP contribution in [0.1, 0.15) is 51.4 Å². The number of hydrogen-bond acceptors (Lipinski definition) is 0. The Labute approximate surface area is 158 Å². The molecule has 25 heavy (non-hydrogen) atoms. The van der Waals surface area contributed by atoms with E-state index in [2.05, 4.69) is 49.6 Å². The van der Waals surface area contributed by atoms with Crippen molar-refractivity contribution in [2.75, 3.05) is 0 Å². The van der Waals surface area contributed by atoms with Gasteiger partial charge in [-0.15, -0.1) is 0 Å². The number of allylic oxidation sites excluding steroid dienone is 10. The summed E-state index contributed by atoms with van der Waals surface area (Å²) in [5.74, 6) is 0. The Hall–Kier alpha value is -0.677. The van der Waals surface area contributed by atoms with Gasteiger partial charge in [0.05, 0.1) is 0 Å². The summed E-state index contributed by atoms with van der Waals surface area (Å²) < 4.78 is 4.14. The summed E-state index contributed by atoms with van der Waals surface area (Å²) >= 11 is -2.63. The zero-order chi connectivity index (χ0) is 17.3. The van der Waals surface area contributed by atoms with Gasteiger partial charge in [0.1, 0.15) is 0 Å². The van der Waals surface area contributed by atoms with Crippen molar-refractivity contribution in [2.45, 2.75) is 66.9 Å². The van der Waals surface area contributed by atoms with Gasteiger partial charge in [-0.3, -0.25) is 0 Å². The third-order valence-corrected chi connectivity index (χ3v) is 21.0. The van der Waals surface area contributed by atoms with Gasteiger partial charge in [0.2, 0.25) is 0 Å². The van der Waals surface area contributed by atoms with Crippen LogP contribution >= 0.6 is 0 Å². The van der Waals surface area contributed by atoms with Gasteiger partial charge in [0.15, 0.2) is 0 Å². The quantitative estimate of drug-likeness (QED) is 0.391. The molecule has 0 aliphatic heterocycles. The Morgan fingerprint density at radius 1 is 0.760 bits per heavy atom. The Balaban J connectivity index is 1.78. The summed E-state index contributed by atoms with van der Waals surface area (Å²) in [6.07, 6.45) is 25.7. The normalized spacial score (nSPS) is 28.3. The van der Waals surface area contributed by atoms with E-state index in [1.165, 1.54) is 59.6 Å². The molecule has 2 unspecified atom stereocenters. The molecule has 4 aliphatic carbocycles. The average Bonchev–Trinajstić information content (AvgIpc) is 3.26. The molecule has 0 nitrogen and oxygen atoms in total. The number of hydrogen-bond donors (Lipinski definition) is 0. The van der Waals surface area contributed by atoms with E-state index in [1.807, 2.05) is 11.1 Å². The van der Waals surface area contributed by atoms with Crippen LogP contribution in [0.3, 0.4) is 0 Å². The molecule has 0 bridgehead atoms. The van der Waals surface area contributed by atoms with Crippen molar-refractivity contribution in [3.05, 3.63) is 71.9 Å². The fourth-order valence-corrected chi connectivity index (χ4v) is 19.9. The van der Waals surface area contributed by atoms with Gasteiger partial charge >= 0.3 is 159 Å². The molecule has 4 rings (SSSR count). The van der Waals surface area contributed by atoms with Gasteiger partial charge in [0.25, 0.3) is 0 Å². The fourth-order valence-electron chi connectivity index (χ4n) is 6.05. The molecule has 1 heteroatoms. The summed E-state index contributed by atoms with van der Waals surface area (Å²) in [5, 5.41) is 0. The predicted octanol–water partition coefficient (Wildman–Crippen LogP) is 7.81. The molecule has 132 valence electrons. The van der Waals surface area contributed by atoms with E-state index in [0.29, 0.717) is 0 Å². The molecule has 0 saturated heterocycles. The van der Waals surface area contributed by atoms with Gasteiger partial charge in [-0.25, -0.2) is 0 Å². The van der Waals surface area contributed by atoms with Crippen LogP contribution in [-0.4, -0.2) is 0 Å². The van der Waals surface area contributed by atoms with Crippen molar-refractivity contribution in [3.8, 4) is 0 Å². The summed E-state index contributed by atoms with van der Waals surface area (Å²) in [4.78, 5) is 0. The SMILES string of the molecule is C=C[CH2][Zr]([CH2]C=C)([CH]1C=CC2=C1CCCC2)[CH]1C=CC2=C1CCCC2. The van der Waals surface area contributed by atoms with Gasteiger partial charge in [-0.2, -0.15) is 0 Å². The Bertz CT molecular complexity index is 625. The third kappa shape index (κ3) is 3.01. The molecular weight excluding hydrogens is 379 g/mol. The van der Waals surface area contributed by atoms with Crippen LogP contribution in [0.5, 0.6) is 0 Å². The van der Waals surface area contributed by atoms with Crippen molar-refractivity contribution in [3.63, 3.8) is 0 Å². The second kappa shape index (κ2) is 7.52. The van der Waals surface area contributed by atoms with E-state index >= 15 is 0 Å². The number of rotatable bonds is 6. The maximum atomic E-state index is 4.22. The van der Waals surface area contributed by atoms with Crippen molar-refractivity contribution in [2.24, 2.45) is 0 Å². The van der Waals surface area contributed by atoms with Crippen LogP contribution in [0, 0.1) is 0 Å². The molecule has 4 aliphatic rings.